The van der Waals surface area contributed by atoms with Crippen LogP contribution < -0.4 is 10.2 Å². The van der Waals surface area contributed by atoms with E-state index in [4.69, 9.17) is 4.98 Å². The number of nitrogens with zero attached hydrogens (tertiary/aromatic N) is 3. The molecule has 0 fully saturated rings. The average molecular weight is 294 g/mol. The summed E-state index contributed by atoms with van der Waals surface area (Å²) in [4.78, 5) is 11.4. The van der Waals surface area contributed by atoms with Crippen LogP contribution in [0.3, 0.4) is 0 Å². The Balaban J connectivity index is 3.32. The number of hydrogen-bond donors (Lipinski definition) is 2. The number of nitrogens with one attached hydrogen (secondary N) is 1. The van der Waals surface area contributed by atoms with Crippen LogP contribution in [0, 0.1) is 6.92 Å². The molecule has 0 radical (unpaired) electrons. The molecule has 0 saturated carbocycles. The maximum atomic E-state index is 10.0. The molecule has 0 aromatic carbocycles. The van der Waals surface area contributed by atoms with Crippen LogP contribution in [0.15, 0.2) is 0 Å². The Labute approximate surface area is 128 Å². The molecule has 0 aliphatic carbocycles. The van der Waals surface area contributed by atoms with Gasteiger partial charge in [-0.05, 0) is 27.7 Å². The van der Waals surface area contributed by atoms with Crippen LogP contribution in [0.25, 0.3) is 0 Å². The molecule has 5 nitrogen and oxygen atoms in total. The molecule has 120 valence electrons. The van der Waals surface area contributed by atoms with Gasteiger partial charge in [-0.2, -0.15) is 0 Å². The maximum Gasteiger partial charge on any atom is 0.138 e. The molecule has 0 saturated heterocycles. The lowest BCUT2D eigenvalue weighted by atomic mass is 9.95. The van der Waals surface area contributed by atoms with Gasteiger partial charge < -0.3 is 15.3 Å². The van der Waals surface area contributed by atoms with E-state index in [1.807, 2.05) is 18.9 Å². The third-order valence-corrected chi connectivity index (χ3v) is 3.12. The molecule has 5 heteroatoms. The van der Waals surface area contributed by atoms with E-state index in [1.54, 1.807) is 13.8 Å². The molecule has 0 atom stereocenters. The first-order chi connectivity index (χ1) is 9.45. The van der Waals surface area contributed by atoms with E-state index in [0.717, 1.165) is 29.6 Å². The van der Waals surface area contributed by atoms with Gasteiger partial charge in [0.1, 0.15) is 17.5 Å². The molecule has 0 unspecified atom stereocenters. The van der Waals surface area contributed by atoms with Crippen LogP contribution in [-0.2, 0) is 5.41 Å². The van der Waals surface area contributed by atoms with Crippen LogP contribution >= 0.6 is 0 Å². The molecule has 0 bridgehead atoms. The Morgan fingerprint density at radius 3 is 2.14 bits per heavy atom. The smallest absolute Gasteiger partial charge is 0.138 e. The first-order valence-electron chi connectivity index (χ1n) is 7.52. The van der Waals surface area contributed by atoms with E-state index < -0.39 is 5.60 Å². The largest absolute Gasteiger partial charge is 0.389 e. The molecular formula is C16H30N4O. The minimum Gasteiger partial charge on any atom is -0.389 e. The van der Waals surface area contributed by atoms with Crippen LogP contribution in [0.2, 0.25) is 0 Å². The van der Waals surface area contributed by atoms with Crippen LogP contribution in [0.4, 0.5) is 11.6 Å². The first-order valence-corrected chi connectivity index (χ1v) is 7.52. The number of aliphatic hydroxyl groups is 1. The molecule has 0 aliphatic heterocycles. The fraction of sp³-hybridized carbons (Fsp3) is 0.750. The van der Waals surface area contributed by atoms with Crippen molar-refractivity contribution in [1.29, 1.82) is 0 Å². The highest BCUT2D eigenvalue weighted by molar-refractivity contribution is 5.58. The van der Waals surface area contributed by atoms with Crippen molar-refractivity contribution in [2.45, 2.75) is 59.5 Å². The minimum atomic E-state index is -0.771. The van der Waals surface area contributed by atoms with Crippen molar-refractivity contribution in [3.63, 3.8) is 0 Å². The lowest BCUT2D eigenvalue weighted by Crippen LogP contribution is -2.37. The second-order valence-electron chi connectivity index (χ2n) is 7.29. The molecule has 1 heterocycles. The minimum absolute atomic E-state index is 0.123. The molecule has 0 spiro atoms. The van der Waals surface area contributed by atoms with Crippen molar-refractivity contribution < 1.29 is 5.11 Å². The molecule has 2 N–H and O–H groups in total. The van der Waals surface area contributed by atoms with Crippen LogP contribution in [0.5, 0.6) is 0 Å². The highest BCUT2D eigenvalue weighted by Crippen LogP contribution is 2.28. The van der Waals surface area contributed by atoms with Gasteiger partial charge in [-0.3, -0.25) is 0 Å². The van der Waals surface area contributed by atoms with E-state index >= 15 is 0 Å². The van der Waals surface area contributed by atoms with Crippen LogP contribution in [0.1, 0.15) is 52.9 Å². The molecule has 1 aromatic rings. The zero-order valence-corrected chi connectivity index (χ0v) is 14.7. The Kier molecular flexibility index (Phi) is 5.20. The first kappa shape index (κ1) is 17.7. The summed E-state index contributed by atoms with van der Waals surface area (Å²) in [7, 11) is 1.95. The van der Waals surface area contributed by atoms with Gasteiger partial charge in [-0.15, -0.1) is 0 Å². The molecule has 1 aromatic heterocycles. The van der Waals surface area contributed by atoms with Gasteiger partial charge in [-0.1, -0.05) is 20.8 Å². The summed E-state index contributed by atoms with van der Waals surface area (Å²) in [6.07, 6.45) is 0. The summed E-state index contributed by atoms with van der Waals surface area (Å²) in [6, 6.07) is 0. The Morgan fingerprint density at radius 2 is 1.71 bits per heavy atom. The predicted octanol–water partition coefficient (Wildman–Crippen LogP) is 2.72. The lowest BCUT2D eigenvalue weighted by molar-refractivity contribution is 0.0884. The fourth-order valence-electron chi connectivity index (χ4n) is 2.21. The highest BCUT2D eigenvalue weighted by atomic mass is 16.3. The van der Waals surface area contributed by atoms with Gasteiger partial charge in [0.25, 0.3) is 0 Å². The summed E-state index contributed by atoms with van der Waals surface area (Å²) in [6.45, 7) is 15.3. The van der Waals surface area contributed by atoms with Gasteiger partial charge in [0.15, 0.2) is 0 Å². The van der Waals surface area contributed by atoms with Crippen molar-refractivity contribution in [1.82, 2.24) is 9.97 Å². The summed E-state index contributed by atoms with van der Waals surface area (Å²) in [5.74, 6) is 2.55. The van der Waals surface area contributed by atoms with E-state index in [1.165, 1.54) is 0 Å². The number of anilines is 2. The fourth-order valence-corrected chi connectivity index (χ4v) is 2.21. The topological polar surface area (TPSA) is 61.3 Å². The third kappa shape index (κ3) is 4.84. The number of likely N-dealkylation sites (N-methyl/N-ethyl adjacent to an activating group) is 1. The zero-order valence-electron chi connectivity index (χ0n) is 14.7. The van der Waals surface area contributed by atoms with Gasteiger partial charge in [0, 0.05) is 31.1 Å². The van der Waals surface area contributed by atoms with Gasteiger partial charge in [0.2, 0.25) is 0 Å². The number of aromatic nitrogens is 2. The van der Waals surface area contributed by atoms with Crippen molar-refractivity contribution >= 4 is 11.6 Å². The molecule has 0 aliphatic rings. The Morgan fingerprint density at radius 1 is 1.14 bits per heavy atom. The molecule has 1 rings (SSSR count). The van der Waals surface area contributed by atoms with Crippen molar-refractivity contribution in [3.8, 4) is 0 Å². The average Bonchev–Trinajstić information content (AvgIpc) is 2.28. The second-order valence-corrected chi connectivity index (χ2v) is 7.29. The van der Waals surface area contributed by atoms with Crippen molar-refractivity contribution in [3.05, 3.63) is 11.4 Å². The zero-order chi connectivity index (χ0) is 16.4. The molecule has 0 amide bonds. The van der Waals surface area contributed by atoms with E-state index in [9.17, 15) is 5.11 Å². The highest BCUT2D eigenvalue weighted by Gasteiger charge is 2.24. The quantitative estimate of drug-likeness (QED) is 0.874. The van der Waals surface area contributed by atoms with Gasteiger partial charge in [-0.25, -0.2) is 9.97 Å². The van der Waals surface area contributed by atoms with Crippen LogP contribution in [-0.4, -0.2) is 40.8 Å². The summed E-state index contributed by atoms with van der Waals surface area (Å²) >= 11 is 0. The van der Waals surface area contributed by atoms with Crippen molar-refractivity contribution in [2.75, 3.05) is 30.4 Å². The molecule has 21 heavy (non-hydrogen) atoms. The van der Waals surface area contributed by atoms with E-state index in [2.05, 4.69) is 38.0 Å². The second kappa shape index (κ2) is 6.18. The van der Waals surface area contributed by atoms with Gasteiger partial charge >= 0.3 is 0 Å². The predicted molar refractivity (Wildman–Crippen MR) is 89.2 cm³/mol. The summed E-state index contributed by atoms with van der Waals surface area (Å²) < 4.78 is 0. The third-order valence-electron chi connectivity index (χ3n) is 3.12. The number of rotatable bonds is 5. The summed E-state index contributed by atoms with van der Waals surface area (Å²) in [5, 5.41) is 13.3. The SMILES string of the molecule is CCNc1nc(C(C)(C)C)nc(N(C)CC(C)(C)O)c1C. The Bertz CT molecular complexity index is 486. The maximum absolute atomic E-state index is 10.0. The standard InChI is InChI=1S/C16H30N4O/c1-9-17-12-11(2)13(20(8)10-16(6,7)21)19-14(18-12)15(3,4)5/h21H,9-10H2,1-8H3,(H,17,18,19). The van der Waals surface area contributed by atoms with Crippen molar-refractivity contribution in [2.24, 2.45) is 0 Å². The Hall–Kier alpha value is -1.36. The monoisotopic (exact) mass is 294 g/mol. The normalized spacial score (nSPS) is 12.4. The number of hydrogen-bond acceptors (Lipinski definition) is 5. The summed E-state index contributed by atoms with van der Waals surface area (Å²) in [5.41, 5.74) is 0.116. The van der Waals surface area contributed by atoms with E-state index in [-0.39, 0.29) is 5.41 Å². The lowest BCUT2D eigenvalue weighted by Gasteiger charge is -2.29. The van der Waals surface area contributed by atoms with E-state index in [0.29, 0.717) is 6.54 Å². The molecular weight excluding hydrogens is 264 g/mol. The van der Waals surface area contributed by atoms with Gasteiger partial charge in [0.05, 0.1) is 5.60 Å².